The minimum atomic E-state index is 0.870. The second-order valence-electron chi connectivity index (χ2n) is 14.0. The minimum Gasteiger partial charge on any atom is -0.309 e. The quantitative estimate of drug-likeness (QED) is 0.171. The van der Waals surface area contributed by atoms with E-state index in [9.17, 15) is 0 Å². The van der Waals surface area contributed by atoms with Gasteiger partial charge in [0.2, 0.25) is 0 Å². The van der Waals surface area contributed by atoms with Gasteiger partial charge in [-0.1, -0.05) is 72.8 Å². The summed E-state index contributed by atoms with van der Waals surface area (Å²) in [5, 5.41) is 17.4. The second kappa shape index (κ2) is 10.1. The molecule has 11 aromatic rings. The zero-order chi connectivity index (χ0) is 33.2. The van der Waals surface area contributed by atoms with Crippen LogP contribution in [0.5, 0.6) is 0 Å². The fraction of sp³-hybridized carbons (Fsp3) is 0.0208. The molecule has 0 unspecified atom stereocenters. The molecular formula is C48H28N2S. The van der Waals surface area contributed by atoms with E-state index in [4.69, 9.17) is 4.98 Å². The van der Waals surface area contributed by atoms with E-state index in [1.54, 1.807) is 0 Å². The van der Waals surface area contributed by atoms with Gasteiger partial charge in [0, 0.05) is 60.0 Å². The lowest BCUT2D eigenvalue weighted by atomic mass is 10.0. The number of para-hydroxylation sites is 1. The second-order valence-corrected chi connectivity index (χ2v) is 15.1. The zero-order valence-electron chi connectivity index (χ0n) is 27.5. The van der Waals surface area contributed by atoms with E-state index < -0.39 is 0 Å². The molecule has 0 radical (unpaired) electrons. The average Bonchev–Trinajstić information content (AvgIpc) is 3.85. The maximum absolute atomic E-state index is 5.07. The van der Waals surface area contributed by atoms with Gasteiger partial charge in [0.15, 0.2) is 0 Å². The summed E-state index contributed by atoms with van der Waals surface area (Å²) in [6.07, 6.45) is 2.94. The van der Waals surface area contributed by atoms with E-state index >= 15 is 0 Å². The number of thiophene rings is 1. The summed E-state index contributed by atoms with van der Waals surface area (Å²) in [5.41, 5.74) is 6.07. The van der Waals surface area contributed by atoms with Crippen molar-refractivity contribution in [3.05, 3.63) is 169 Å². The number of pyridine rings is 1. The third-order valence-electron chi connectivity index (χ3n) is 11.2. The molecule has 1 aliphatic rings. The predicted molar refractivity (Wildman–Crippen MR) is 219 cm³/mol. The Bertz CT molecular complexity index is 3390. The summed E-state index contributed by atoms with van der Waals surface area (Å²) in [4.78, 5) is 5.07. The van der Waals surface area contributed by atoms with Crippen LogP contribution in [0.25, 0.3) is 102 Å². The topological polar surface area (TPSA) is 17.8 Å². The molecule has 3 heterocycles. The molecule has 0 fully saturated rings. The zero-order valence-corrected chi connectivity index (χ0v) is 28.3. The summed E-state index contributed by atoms with van der Waals surface area (Å²) in [7, 11) is 0. The highest BCUT2D eigenvalue weighted by molar-refractivity contribution is 7.25. The number of nitrogens with zero attached hydrogens (tertiary/aromatic N) is 2. The van der Waals surface area contributed by atoms with Gasteiger partial charge in [0.05, 0.1) is 16.7 Å². The molecule has 3 heteroatoms. The van der Waals surface area contributed by atoms with E-state index in [2.05, 4.69) is 162 Å². The van der Waals surface area contributed by atoms with E-state index in [1.165, 1.54) is 96.0 Å². The molecule has 3 aromatic heterocycles. The monoisotopic (exact) mass is 664 g/mol. The normalized spacial score (nSPS) is 12.6. The Morgan fingerprint density at radius 2 is 0.941 bits per heavy atom. The van der Waals surface area contributed by atoms with E-state index in [-0.39, 0.29) is 0 Å². The van der Waals surface area contributed by atoms with Crippen LogP contribution in [0.2, 0.25) is 0 Å². The van der Waals surface area contributed by atoms with Crippen LogP contribution in [0.3, 0.4) is 0 Å². The Morgan fingerprint density at radius 3 is 1.61 bits per heavy atom. The van der Waals surface area contributed by atoms with Crippen LogP contribution in [0.15, 0.2) is 158 Å². The molecule has 8 aromatic carbocycles. The number of aromatic nitrogens is 2. The van der Waals surface area contributed by atoms with Crippen molar-refractivity contribution in [1.29, 1.82) is 0 Å². The van der Waals surface area contributed by atoms with Crippen LogP contribution in [0.4, 0.5) is 0 Å². The van der Waals surface area contributed by atoms with Crippen molar-refractivity contribution < 1.29 is 0 Å². The first-order valence-corrected chi connectivity index (χ1v) is 18.4. The maximum Gasteiger partial charge on any atom is 0.0541 e. The van der Waals surface area contributed by atoms with Gasteiger partial charge in [-0.05, 0) is 128 Å². The van der Waals surface area contributed by atoms with Gasteiger partial charge in [0.25, 0.3) is 0 Å². The van der Waals surface area contributed by atoms with E-state index in [0.29, 0.717) is 0 Å². The Labute approximate surface area is 296 Å². The van der Waals surface area contributed by atoms with Gasteiger partial charge in [-0.2, -0.15) is 0 Å². The molecule has 0 spiro atoms. The third-order valence-corrected chi connectivity index (χ3v) is 12.3. The number of rotatable bonds is 1. The first kappa shape index (κ1) is 27.5. The van der Waals surface area contributed by atoms with E-state index in [0.717, 1.165) is 23.2 Å². The van der Waals surface area contributed by atoms with Crippen LogP contribution in [0, 0.1) is 0 Å². The van der Waals surface area contributed by atoms with Gasteiger partial charge in [0.1, 0.15) is 0 Å². The molecule has 12 rings (SSSR count). The molecule has 0 N–H and O–H groups in total. The summed E-state index contributed by atoms with van der Waals surface area (Å²) in [6, 6.07) is 57.0. The van der Waals surface area contributed by atoms with Crippen molar-refractivity contribution >= 4 is 107 Å². The Balaban J connectivity index is 1.28. The summed E-state index contributed by atoms with van der Waals surface area (Å²) in [5.74, 6) is 0. The van der Waals surface area contributed by atoms with Crippen LogP contribution in [0.1, 0.15) is 11.3 Å². The smallest absolute Gasteiger partial charge is 0.0541 e. The SMILES string of the molecule is c1ccc(-n2c3ccc4cc3c3cc(ccc32)c2cnc3c(c2)c2cc(ccc2C3)c2ccc3sc5ccc(cc5c3c2)c2cccc4c2)cc1. The average molecular weight is 665 g/mol. The van der Waals surface area contributed by atoms with Gasteiger partial charge < -0.3 is 4.57 Å². The van der Waals surface area contributed by atoms with Gasteiger partial charge in [-0.3, -0.25) is 4.98 Å². The highest BCUT2D eigenvalue weighted by Gasteiger charge is 2.16. The molecule has 0 atom stereocenters. The summed E-state index contributed by atoms with van der Waals surface area (Å²) >= 11 is 1.88. The summed E-state index contributed by atoms with van der Waals surface area (Å²) in [6.45, 7) is 0. The van der Waals surface area contributed by atoms with Crippen molar-refractivity contribution in [3.63, 3.8) is 0 Å². The number of hydrogen-bond acceptors (Lipinski definition) is 2. The third kappa shape index (κ3) is 4.01. The first-order valence-electron chi connectivity index (χ1n) is 17.6. The van der Waals surface area contributed by atoms with Gasteiger partial charge in [-0.25, -0.2) is 0 Å². The van der Waals surface area contributed by atoms with Crippen LogP contribution in [-0.2, 0) is 6.42 Å². The van der Waals surface area contributed by atoms with Gasteiger partial charge in [-0.15, -0.1) is 11.3 Å². The molecule has 2 nitrogen and oxygen atoms in total. The van der Waals surface area contributed by atoms with Crippen molar-refractivity contribution in [2.75, 3.05) is 0 Å². The Morgan fingerprint density at radius 1 is 0.412 bits per heavy atom. The standard InChI is InChI=1S/C48H28N2S/c1-2-7-37(8-3-1)50-45-15-11-31-21-40(45)41-22-34(12-16-46(41)50)36-25-39-38-20-30(9-10-35(38)26-44(39)49-27-36)33-14-18-48-43(24-33)42-23-32(13-17-47(42)51-48)29-6-4-5-28(31)19-29/h1-25,27H,26H2. The first-order chi connectivity index (χ1) is 25.2. The van der Waals surface area contributed by atoms with Crippen molar-refractivity contribution in [2.45, 2.75) is 6.42 Å². The fourth-order valence-electron chi connectivity index (χ4n) is 8.62. The fourth-order valence-corrected chi connectivity index (χ4v) is 9.69. The molecule has 1 aliphatic carbocycles. The molecule has 14 bridgehead atoms. The lowest BCUT2D eigenvalue weighted by molar-refractivity contribution is 1.14. The van der Waals surface area contributed by atoms with E-state index in [1.807, 2.05) is 11.3 Å². The molecule has 51 heavy (non-hydrogen) atoms. The number of fused-ring (bicyclic) bond motifs is 12. The molecule has 0 saturated carbocycles. The molecule has 0 aliphatic heterocycles. The lowest BCUT2D eigenvalue weighted by Crippen LogP contribution is -1.92. The largest absolute Gasteiger partial charge is 0.309 e. The maximum atomic E-state index is 5.07. The van der Waals surface area contributed by atoms with Crippen LogP contribution < -0.4 is 0 Å². The van der Waals surface area contributed by atoms with Crippen molar-refractivity contribution in [1.82, 2.24) is 9.55 Å². The van der Waals surface area contributed by atoms with Crippen LogP contribution in [-0.4, -0.2) is 9.55 Å². The van der Waals surface area contributed by atoms with Crippen molar-refractivity contribution in [2.24, 2.45) is 0 Å². The molecule has 236 valence electrons. The minimum absolute atomic E-state index is 0.870. The molecular weight excluding hydrogens is 637 g/mol. The molecule has 0 saturated heterocycles. The number of hydrogen-bond donors (Lipinski definition) is 0. The Kier molecular flexibility index (Phi) is 5.47. The predicted octanol–water partition coefficient (Wildman–Crippen LogP) is 13.3. The highest BCUT2D eigenvalue weighted by atomic mass is 32.1. The Hall–Kier alpha value is -6.29. The van der Waals surface area contributed by atoms with Crippen LogP contribution >= 0.6 is 11.3 Å². The summed E-state index contributed by atoms with van der Waals surface area (Å²) < 4.78 is 5.04. The lowest BCUT2D eigenvalue weighted by Gasteiger charge is -2.07. The highest BCUT2D eigenvalue weighted by Crippen LogP contribution is 2.39. The molecule has 0 amide bonds. The van der Waals surface area contributed by atoms with Gasteiger partial charge >= 0.3 is 0 Å². The van der Waals surface area contributed by atoms with Crippen molar-refractivity contribution in [3.8, 4) is 5.69 Å². The number of benzene rings is 7.